The molecule has 3 aliphatic rings. The van der Waals surface area contributed by atoms with E-state index in [1.165, 1.54) is 25.0 Å². The maximum absolute atomic E-state index is 14.3. The number of benzene rings is 1. The summed E-state index contributed by atoms with van der Waals surface area (Å²) < 4.78 is 20.5. The van der Waals surface area contributed by atoms with E-state index in [9.17, 15) is 4.39 Å². The monoisotopic (exact) mass is 448 g/mol. The van der Waals surface area contributed by atoms with Gasteiger partial charge in [0.25, 0.3) is 0 Å². The molecule has 5 rings (SSSR count). The molecule has 172 valence electrons. The van der Waals surface area contributed by atoms with Crippen LogP contribution in [0.25, 0.3) is 5.57 Å². The average molecular weight is 449 g/mol. The van der Waals surface area contributed by atoms with Gasteiger partial charge in [0.1, 0.15) is 11.9 Å². The van der Waals surface area contributed by atoms with Crippen LogP contribution in [0.2, 0.25) is 0 Å². The van der Waals surface area contributed by atoms with Crippen LogP contribution in [0.3, 0.4) is 0 Å². The number of nitrogens with one attached hydrogen (secondary N) is 1. The second-order valence-electron chi connectivity index (χ2n) is 9.00. The summed E-state index contributed by atoms with van der Waals surface area (Å²) in [6, 6.07) is 6.61. The quantitative estimate of drug-likeness (QED) is 0.650. The van der Waals surface area contributed by atoms with Crippen LogP contribution in [0.15, 0.2) is 53.4 Å². The fraction of sp³-hybridized carbons (Fsp3) is 0.360. The highest BCUT2D eigenvalue weighted by Crippen LogP contribution is 2.37. The lowest BCUT2D eigenvalue weighted by atomic mass is 9.88. The van der Waals surface area contributed by atoms with Gasteiger partial charge in [-0.15, -0.1) is 0 Å². The Bertz CT molecular complexity index is 1170. The van der Waals surface area contributed by atoms with E-state index in [0.717, 1.165) is 40.1 Å². The molecule has 2 atom stereocenters. The molecule has 8 heteroatoms. The fourth-order valence-corrected chi connectivity index (χ4v) is 4.49. The predicted octanol–water partition coefficient (Wildman–Crippen LogP) is 3.55. The molecule has 5 N–H and O–H groups in total. The van der Waals surface area contributed by atoms with E-state index < -0.39 is 6.10 Å². The average Bonchev–Trinajstić information content (AvgIpc) is 3.55. The van der Waals surface area contributed by atoms with Gasteiger partial charge in [0.15, 0.2) is 11.6 Å². The molecule has 1 unspecified atom stereocenters. The number of hydrogen-bond donors (Lipinski definition) is 3. The number of rotatable bonds is 2. The third-order valence-electron chi connectivity index (χ3n) is 6.42. The molecule has 1 aliphatic carbocycles. The van der Waals surface area contributed by atoms with Gasteiger partial charge in [0.2, 0.25) is 0 Å². The lowest BCUT2D eigenvalue weighted by Gasteiger charge is -2.25. The van der Waals surface area contributed by atoms with Crippen molar-refractivity contribution in [1.82, 2.24) is 15.4 Å². The molecular weight excluding hydrogens is 419 g/mol. The summed E-state index contributed by atoms with van der Waals surface area (Å²) in [6.07, 6.45) is 7.95. The van der Waals surface area contributed by atoms with Crippen LogP contribution < -0.4 is 21.6 Å². The van der Waals surface area contributed by atoms with Crippen molar-refractivity contribution in [2.24, 2.45) is 16.6 Å². The molecule has 1 saturated carbocycles. The van der Waals surface area contributed by atoms with Gasteiger partial charge < -0.3 is 21.2 Å². The van der Waals surface area contributed by atoms with Gasteiger partial charge >= 0.3 is 0 Å². The maximum Gasteiger partial charge on any atom is 0.166 e. The van der Waals surface area contributed by atoms with Gasteiger partial charge in [-0.1, -0.05) is 6.07 Å². The summed E-state index contributed by atoms with van der Waals surface area (Å²) in [5, 5.41) is 1.92. The molecule has 1 aromatic carbocycles. The fourth-order valence-electron chi connectivity index (χ4n) is 4.49. The largest absolute Gasteiger partial charge is 0.482 e. The van der Waals surface area contributed by atoms with Gasteiger partial charge in [-0.2, -0.15) is 0 Å². The third kappa shape index (κ3) is 4.30. The predicted molar refractivity (Wildman–Crippen MR) is 128 cm³/mol. The van der Waals surface area contributed by atoms with E-state index >= 15 is 0 Å². The zero-order chi connectivity index (χ0) is 23.1. The number of fused-ring (bicyclic) bond motifs is 5. The van der Waals surface area contributed by atoms with Crippen LogP contribution in [0.4, 0.5) is 10.2 Å². The topological polar surface area (TPSA) is 102 Å². The number of nitrogen functional groups attached to an aromatic ring is 1. The number of hydrazine groups is 1. The number of hydrogen-bond acceptors (Lipinski definition) is 7. The number of nitrogens with two attached hydrogens (primary N) is 2. The summed E-state index contributed by atoms with van der Waals surface area (Å²) in [4.78, 5) is 9.33. The highest BCUT2D eigenvalue weighted by molar-refractivity contribution is 6.13. The Hall–Kier alpha value is -3.39. The maximum atomic E-state index is 14.3. The molecule has 2 aromatic rings. The summed E-state index contributed by atoms with van der Waals surface area (Å²) >= 11 is 0. The molecule has 3 heterocycles. The molecule has 0 spiro atoms. The van der Waals surface area contributed by atoms with Gasteiger partial charge in [-0.3, -0.25) is 4.99 Å². The molecule has 33 heavy (non-hydrogen) atoms. The van der Waals surface area contributed by atoms with E-state index in [0.29, 0.717) is 18.1 Å². The van der Waals surface area contributed by atoms with Crippen molar-refractivity contribution >= 4 is 17.1 Å². The van der Waals surface area contributed by atoms with Crippen molar-refractivity contribution in [3.8, 4) is 5.75 Å². The Balaban J connectivity index is 1.68. The minimum absolute atomic E-state index is 0.0621. The normalized spacial score (nSPS) is 25.1. The summed E-state index contributed by atoms with van der Waals surface area (Å²) in [7, 11) is 1.95. The van der Waals surface area contributed by atoms with Crippen molar-refractivity contribution in [1.29, 1.82) is 0 Å². The van der Waals surface area contributed by atoms with Gasteiger partial charge in [0, 0.05) is 37.1 Å². The summed E-state index contributed by atoms with van der Waals surface area (Å²) in [6.45, 7) is 2.65. The minimum atomic E-state index is -0.446. The first-order valence-corrected chi connectivity index (χ1v) is 11.3. The van der Waals surface area contributed by atoms with Crippen molar-refractivity contribution in [3.63, 3.8) is 0 Å². The van der Waals surface area contributed by atoms with E-state index in [1.54, 1.807) is 12.4 Å². The number of nitrogens with zero attached hydrogens (tertiary/aromatic N) is 3. The summed E-state index contributed by atoms with van der Waals surface area (Å²) in [5.74, 6) is 1.03. The Morgan fingerprint density at radius 1 is 1.33 bits per heavy atom. The van der Waals surface area contributed by atoms with Crippen LogP contribution in [0.5, 0.6) is 5.75 Å². The molecular formula is C25H29FN6O. The highest BCUT2D eigenvalue weighted by atomic mass is 19.1. The summed E-state index contributed by atoms with van der Waals surface area (Å²) in [5.41, 5.74) is 21.0. The molecule has 0 saturated heterocycles. The number of anilines is 1. The molecule has 2 aliphatic heterocycles. The molecule has 1 aromatic heterocycles. The Labute approximate surface area is 193 Å². The molecule has 1 fully saturated rings. The molecule has 0 amide bonds. The molecule has 0 radical (unpaired) electrons. The third-order valence-corrected chi connectivity index (χ3v) is 6.42. The lowest BCUT2D eigenvalue weighted by molar-refractivity contribution is 0.226. The van der Waals surface area contributed by atoms with Crippen LogP contribution in [-0.2, 0) is 0 Å². The second kappa shape index (κ2) is 8.51. The molecule has 7 nitrogen and oxygen atoms in total. The Morgan fingerprint density at radius 2 is 2.15 bits per heavy atom. The van der Waals surface area contributed by atoms with Crippen molar-refractivity contribution in [2.45, 2.75) is 38.3 Å². The highest BCUT2D eigenvalue weighted by Gasteiger charge is 2.30. The van der Waals surface area contributed by atoms with Gasteiger partial charge in [-0.25, -0.2) is 14.8 Å². The van der Waals surface area contributed by atoms with Crippen molar-refractivity contribution in [2.75, 3.05) is 19.3 Å². The smallest absolute Gasteiger partial charge is 0.166 e. The SMILES string of the molecule is C[C@H]1Oc2cc(cnc2N)C(=NCC2CC2)C(=CN)CC2NN(C)C=C2c2ccc(F)cc21. The van der Waals surface area contributed by atoms with E-state index in [-0.39, 0.29) is 17.7 Å². The van der Waals surface area contributed by atoms with E-state index in [1.807, 2.05) is 37.3 Å². The number of aliphatic imine (C=N–C) groups is 1. The lowest BCUT2D eigenvalue weighted by Crippen LogP contribution is -2.34. The number of halogens is 1. The minimum Gasteiger partial charge on any atom is -0.482 e. The van der Waals surface area contributed by atoms with Gasteiger partial charge in [-0.05, 0) is 73.2 Å². The van der Waals surface area contributed by atoms with Crippen LogP contribution in [-0.4, -0.2) is 35.3 Å². The Kier molecular flexibility index (Phi) is 5.54. The Morgan fingerprint density at radius 3 is 2.91 bits per heavy atom. The number of aromatic nitrogens is 1. The second-order valence-corrected chi connectivity index (χ2v) is 9.00. The number of pyridine rings is 1. The first kappa shape index (κ1) is 21.5. The van der Waals surface area contributed by atoms with E-state index in [2.05, 4.69) is 10.4 Å². The van der Waals surface area contributed by atoms with Crippen LogP contribution >= 0.6 is 0 Å². The van der Waals surface area contributed by atoms with Crippen LogP contribution in [0.1, 0.15) is 49.0 Å². The standard InChI is InChI=1S/C25H29FN6O/c1-14-20-9-18(26)5-6-19(20)21-13-32(2)31-22(21)7-16(10-27)24(29-11-15-3-4-15)17-8-23(33-14)25(28)30-12-17/h5-6,8-10,12-15,22,31H,3-4,7,11,27H2,1-2H3,(H2,28,30)/t14-,22?/m1/s1. The first-order chi connectivity index (χ1) is 15.9. The zero-order valence-electron chi connectivity index (χ0n) is 18.9. The van der Waals surface area contributed by atoms with E-state index in [4.69, 9.17) is 21.2 Å². The zero-order valence-corrected chi connectivity index (χ0v) is 18.9. The first-order valence-electron chi connectivity index (χ1n) is 11.3. The van der Waals surface area contributed by atoms with Gasteiger partial charge in [0.05, 0.1) is 11.8 Å². The number of ether oxygens (including phenoxy) is 1. The molecule has 2 bridgehead atoms. The van der Waals surface area contributed by atoms with Crippen molar-refractivity contribution in [3.05, 3.63) is 70.9 Å². The van der Waals surface area contributed by atoms with Crippen LogP contribution in [0, 0.1) is 11.7 Å². The van der Waals surface area contributed by atoms with Crippen molar-refractivity contribution < 1.29 is 9.13 Å².